The lowest BCUT2D eigenvalue weighted by molar-refractivity contribution is -0.750. The van der Waals surface area contributed by atoms with Gasteiger partial charge in [0.15, 0.2) is 12.7 Å². The van der Waals surface area contributed by atoms with Gasteiger partial charge in [0.05, 0.1) is 5.69 Å². The van der Waals surface area contributed by atoms with Crippen LogP contribution in [0.3, 0.4) is 0 Å². The highest BCUT2D eigenvalue weighted by atomic mass is 31.2. The number of hydrogen-bond acceptors (Lipinski definition) is 5. The Morgan fingerprint density at radius 3 is 2.89 bits per heavy atom. The molecule has 2 aromatic heterocycles. The van der Waals surface area contributed by atoms with Crippen LogP contribution in [0.2, 0.25) is 0 Å². The molecule has 1 N–H and O–H groups in total. The van der Waals surface area contributed by atoms with Crippen molar-refractivity contribution in [2.24, 2.45) is 0 Å². The number of aromatic nitrogens is 4. The molecule has 0 amide bonds. The molecule has 1 atom stereocenters. The van der Waals surface area contributed by atoms with Gasteiger partial charge in [-0.25, -0.2) is 9.97 Å². The molecule has 0 spiro atoms. The normalized spacial score (nSPS) is 14.0. The van der Waals surface area contributed by atoms with E-state index in [1.807, 2.05) is 6.07 Å². The molecule has 0 aromatic carbocycles. The predicted octanol–water partition coefficient (Wildman–Crippen LogP) is 0.658. The van der Waals surface area contributed by atoms with E-state index >= 15 is 0 Å². The van der Waals surface area contributed by atoms with Gasteiger partial charge < -0.3 is 9.42 Å². The molecule has 19 heavy (non-hydrogen) atoms. The lowest BCUT2D eigenvalue weighted by atomic mass is 10.2. The Bertz CT molecular complexity index is 576. The zero-order valence-corrected chi connectivity index (χ0v) is 11.3. The van der Waals surface area contributed by atoms with Crippen molar-refractivity contribution in [2.45, 2.75) is 6.54 Å². The van der Waals surface area contributed by atoms with Crippen molar-refractivity contribution in [1.82, 2.24) is 15.1 Å². The van der Waals surface area contributed by atoms with E-state index in [0.717, 1.165) is 11.3 Å². The largest absolute Gasteiger partial charge is 0.334 e. The number of hydrogen-bond donors (Lipinski definition) is 1. The Morgan fingerprint density at radius 2 is 2.32 bits per heavy atom. The summed E-state index contributed by atoms with van der Waals surface area (Å²) >= 11 is 0. The first kappa shape index (κ1) is 13.7. The van der Waals surface area contributed by atoms with Gasteiger partial charge in [-0.1, -0.05) is 4.68 Å². The molecule has 0 bridgehead atoms. The Morgan fingerprint density at radius 1 is 1.47 bits per heavy atom. The summed E-state index contributed by atoms with van der Waals surface area (Å²) in [6.45, 7) is 0.311. The number of aryl methyl sites for hydroxylation is 1. The molecule has 0 aliphatic rings. The lowest BCUT2D eigenvalue weighted by Crippen LogP contribution is -2.38. The van der Waals surface area contributed by atoms with Gasteiger partial charge in [-0.2, -0.15) is 0 Å². The van der Waals surface area contributed by atoms with Crippen molar-refractivity contribution < 1.29 is 18.7 Å². The van der Waals surface area contributed by atoms with E-state index < -0.39 is 7.60 Å². The molecule has 8 heteroatoms. The highest BCUT2D eigenvalue weighted by molar-refractivity contribution is 7.52. The van der Waals surface area contributed by atoms with Gasteiger partial charge in [-0.05, 0) is 11.2 Å². The molecule has 2 rings (SSSR count). The molecule has 100 valence electrons. The average Bonchev–Trinajstić information content (AvgIpc) is 2.47. The van der Waals surface area contributed by atoms with Crippen LogP contribution in [0.15, 0.2) is 37.1 Å². The van der Waals surface area contributed by atoms with Crippen molar-refractivity contribution in [3.63, 3.8) is 0 Å². The topological polar surface area (TPSA) is 89.1 Å². The average molecular weight is 281 g/mol. The number of rotatable bonds is 5. The third-order valence-electron chi connectivity index (χ3n) is 2.55. The molecule has 2 aromatic rings. The van der Waals surface area contributed by atoms with E-state index in [4.69, 9.17) is 0 Å². The van der Waals surface area contributed by atoms with Crippen LogP contribution in [0, 0.1) is 0 Å². The molecule has 7 nitrogen and oxygen atoms in total. The maximum absolute atomic E-state index is 11.3. The third kappa shape index (κ3) is 3.89. The highest BCUT2D eigenvalue weighted by Gasteiger charge is 2.20. The van der Waals surface area contributed by atoms with Gasteiger partial charge >= 0.3 is 7.60 Å². The predicted molar refractivity (Wildman–Crippen MR) is 67.2 cm³/mol. The fourth-order valence-electron chi connectivity index (χ4n) is 1.45. The first-order chi connectivity index (χ1) is 9.11. The Labute approximate surface area is 110 Å². The zero-order chi connectivity index (χ0) is 13.7. The molecule has 2 heterocycles. The van der Waals surface area contributed by atoms with E-state index in [-0.39, 0.29) is 6.16 Å². The van der Waals surface area contributed by atoms with E-state index in [1.165, 1.54) is 13.4 Å². The van der Waals surface area contributed by atoms with Gasteiger partial charge in [0.2, 0.25) is 0 Å². The fourth-order valence-corrected chi connectivity index (χ4v) is 2.09. The summed E-state index contributed by atoms with van der Waals surface area (Å²) in [4.78, 5) is 17.2. The Kier molecular flexibility index (Phi) is 4.31. The summed E-state index contributed by atoms with van der Waals surface area (Å²) in [6, 6.07) is 3.62. The summed E-state index contributed by atoms with van der Waals surface area (Å²) < 4.78 is 17.4. The van der Waals surface area contributed by atoms with Crippen molar-refractivity contribution >= 4 is 7.60 Å². The second-order valence-corrected chi connectivity index (χ2v) is 5.90. The second-order valence-electron chi connectivity index (χ2n) is 3.82. The van der Waals surface area contributed by atoms with Crippen LogP contribution < -0.4 is 4.68 Å². The molecular weight excluding hydrogens is 267 g/mol. The van der Waals surface area contributed by atoms with Gasteiger partial charge in [0, 0.05) is 24.9 Å². The zero-order valence-electron chi connectivity index (χ0n) is 10.4. The van der Waals surface area contributed by atoms with Gasteiger partial charge in [0.1, 0.15) is 18.7 Å². The van der Waals surface area contributed by atoms with Crippen LogP contribution in [0.25, 0.3) is 11.3 Å². The van der Waals surface area contributed by atoms with Gasteiger partial charge in [0.25, 0.3) is 0 Å². The molecule has 0 radical (unpaired) electrons. The maximum Gasteiger partial charge on any atom is 0.334 e. The van der Waals surface area contributed by atoms with E-state index in [2.05, 4.69) is 19.6 Å². The minimum atomic E-state index is -3.49. The summed E-state index contributed by atoms with van der Waals surface area (Å²) in [7, 11) is -2.27. The highest BCUT2D eigenvalue weighted by Crippen LogP contribution is 2.39. The molecule has 0 saturated heterocycles. The monoisotopic (exact) mass is 281 g/mol. The molecular formula is C11H14N4O3P+. The van der Waals surface area contributed by atoms with E-state index in [0.29, 0.717) is 6.54 Å². The summed E-state index contributed by atoms with van der Waals surface area (Å²) in [5.41, 5.74) is 1.64. The van der Waals surface area contributed by atoms with Crippen LogP contribution >= 0.6 is 7.60 Å². The Hall–Kier alpha value is -1.69. The van der Waals surface area contributed by atoms with E-state index in [9.17, 15) is 9.46 Å². The van der Waals surface area contributed by atoms with Gasteiger partial charge in [-0.3, -0.25) is 4.57 Å². The van der Waals surface area contributed by atoms with Crippen molar-refractivity contribution in [3.05, 3.63) is 37.1 Å². The van der Waals surface area contributed by atoms with Gasteiger partial charge in [-0.15, -0.1) is 0 Å². The molecule has 0 saturated carbocycles. The van der Waals surface area contributed by atoms with E-state index in [1.54, 1.807) is 29.3 Å². The van der Waals surface area contributed by atoms with Crippen molar-refractivity contribution in [2.75, 3.05) is 13.3 Å². The number of nitrogens with zero attached hydrogens (tertiary/aromatic N) is 4. The SMILES string of the molecule is COP(=O)(O)CC[n+]1ccc(-c2ccncn2)cn1. The first-order valence-corrected chi connectivity index (χ1v) is 7.37. The van der Waals surface area contributed by atoms with Crippen LogP contribution in [0.4, 0.5) is 0 Å². The summed E-state index contributed by atoms with van der Waals surface area (Å²) in [5.74, 6) is 0. The smallest absolute Gasteiger partial charge is 0.324 e. The third-order valence-corrected chi connectivity index (χ3v) is 3.88. The summed E-state index contributed by atoms with van der Waals surface area (Å²) in [6.07, 6.45) is 6.53. The quantitative estimate of drug-likeness (QED) is 0.639. The van der Waals surface area contributed by atoms with Crippen LogP contribution in [-0.2, 0) is 15.6 Å². The molecule has 1 unspecified atom stereocenters. The van der Waals surface area contributed by atoms with Crippen LogP contribution in [0.5, 0.6) is 0 Å². The van der Waals surface area contributed by atoms with Crippen molar-refractivity contribution in [3.8, 4) is 11.3 Å². The molecule has 0 fully saturated rings. The molecule has 0 aliphatic heterocycles. The minimum absolute atomic E-state index is 0.0218. The maximum atomic E-state index is 11.3. The minimum Gasteiger partial charge on any atom is -0.324 e. The fraction of sp³-hybridized carbons (Fsp3) is 0.273. The van der Waals surface area contributed by atoms with Crippen molar-refractivity contribution in [1.29, 1.82) is 0 Å². The van der Waals surface area contributed by atoms with Crippen LogP contribution in [-0.4, -0.2) is 33.2 Å². The summed E-state index contributed by atoms with van der Waals surface area (Å²) in [5, 5.41) is 4.16. The Balaban J connectivity index is 2.05. The second kappa shape index (κ2) is 5.97. The first-order valence-electron chi connectivity index (χ1n) is 5.60. The molecule has 0 aliphatic carbocycles. The standard InChI is InChI=1S/C11H13N4O3P/c1-18-19(16,17)7-6-15-5-3-10(8-14-15)11-2-4-12-9-13-11/h2-5,8-9H,6-7H2,1H3/p+1. The lowest BCUT2D eigenvalue weighted by Gasteiger charge is -2.05. The van der Waals surface area contributed by atoms with Crippen LogP contribution in [0.1, 0.15) is 0 Å².